The van der Waals surface area contributed by atoms with E-state index >= 15 is 0 Å². The van der Waals surface area contributed by atoms with Crippen molar-refractivity contribution in [2.24, 2.45) is 0 Å². The Labute approximate surface area is 126 Å². The number of aliphatic hydroxyl groups is 1. The second-order valence-electron chi connectivity index (χ2n) is 4.60. The van der Waals surface area contributed by atoms with Crippen molar-refractivity contribution in [3.63, 3.8) is 0 Å². The monoisotopic (exact) mass is 346 g/mol. The molecule has 1 aromatic carbocycles. The molecule has 1 rings (SSSR count). The third kappa shape index (κ3) is 6.84. The zero-order chi connectivity index (χ0) is 14.3. The molecule has 6 heteroatoms. The van der Waals surface area contributed by atoms with Gasteiger partial charge < -0.3 is 15.7 Å². The van der Waals surface area contributed by atoms with Crippen molar-refractivity contribution in [1.29, 1.82) is 0 Å². The summed E-state index contributed by atoms with van der Waals surface area (Å²) in [5.41, 5.74) is 0.132. The van der Waals surface area contributed by atoms with Crippen molar-refractivity contribution >= 4 is 33.7 Å². The van der Waals surface area contributed by atoms with Gasteiger partial charge in [0.1, 0.15) is 0 Å². The zero-order valence-corrected chi connectivity index (χ0v) is 13.5. The Morgan fingerprint density at radius 1 is 1.47 bits per heavy atom. The van der Waals surface area contributed by atoms with Gasteiger partial charge >= 0.3 is 6.03 Å². The molecule has 0 saturated carbocycles. The number of halogens is 1. The molecule has 0 saturated heterocycles. The fourth-order valence-corrected chi connectivity index (χ4v) is 2.70. The Morgan fingerprint density at radius 3 is 2.84 bits per heavy atom. The van der Waals surface area contributed by atoms with E-state index in [1.807, 2.05) is 30.5 Å². The highest BCUT2D eigenvalue weighted by atomic mass is 79.9. The van der Waals surface area contributed by atoms with Gasteiger partial charge in [-0.15, -0.1) is 0 Å². The van der Waals surface area contributed by atoms with Crippen LogP contribution in [0.5, 0.6) is 0 Å². The predicted molar refractivity (Wildman–Crippen MR) is 83.4 cm³/mol. The van der Waals surface area contributed by atoms with Crippen LogP contribution < -0.4 is 10.6 Å². The molecule has 4 nitrogen and oxygen atoms in total. The topological polar surface area (TPSA) is 61.4 Å². The van der Waals surface area contributed by atoms with Gasteiger partial charge in [0.15, 0.2) is 0 Å². The highest BCUT2D eigenvalue weighted by molar-refractivity contribution is 9.10. The number of nitrogens with one attached hydrogen (secondary N) is 2. The molecule has 1 aromatic rings. The smallest absolute Gasteiger partial charge is 0.315 e. The molecule has 2 amide bonds. The van der Waals surface area contributed by atoms with Crippen molar-refractivity contribution in [3.8, 4) is 0 Å². The molecule has 0 aliphatic carbocycles. The summed E-state index contributed by atoms with van der Waals surface area (Å²) in [4.78, 5) is 11.6. The van der Waals surface area contributed by atoms with Gasteiger partial charge in [-0.05, 0) is 30.9 Å². The van der Waals surface area contributed by atoms with Gasteiger partial charge in [0.2, 0.25) is 0 Å². The van der Waals surface area contributed by atoms with Crippen LogP contribution in [0.3, 0.4) is 0 Å². The molecule has 0 heterocycles. The number of hydrogen-bond acceptors (Lipinski definition) is 3. The first-order valence-corrected chi connectivity index (χ1v) is 8.09. The average Bonchev–Trinajstić information content (AvgIpc) is 2.34. The Kier molecular flexibility index (Phi) is 6.68. The molecule has 0 bridgehead atoms. The van der Waals surface area contributed by atoms with E-state index in [0.717, 1.165) is 10.0 Å². The van der Waals surface area contributed by atoms with Crippen LogP contribution in [-0.4, -0.2) is 35.3 Å². The van der Waals surface area contributed by atoms with Gasteiger partial charge in [-0.25, -0.2) is 4.79 Å². The molecule has 0 fully saturated rings. The van der Waals surface area contributed by atoms with Crippen molar-refractivity contribution in [3.05, 3.63) is 34.3 Å². The first-order valence-electron chi connectivity index (χ1n) is 5.90. The average molecular weight is 347 g/mol. The number of urea groups is 1. The largest absolute Gasteiger partial charge is 0.387 e. The number of thioether (sulfide) groups is 1. The lowest BCUT2D eigenvalue weighted by Gasteiger charge is -2.22. The molecule has 3 N–H and O–H groups in total. The van der Waals surface area contributed by atoms with Crippen LogP contribution in [0.25, 0.3) is 0 Å². The summed E-state index contributed by atoms with van der Waals surface area (Å²) >= 11 is 4.92. The fraction of sp³-hybridized carbons (Fsp3) is 0.462. The molecule has 19 heavy (non-hydrogen) atoms. The van der Waals surface area contributed by atoms with Gasteiger partial charge in [0.05, 0.1) is 5.60 Å². The lowest BCUT2D eigenvalue weighted by atomic mass is 10.1. The third-order valence-electron chi connectivity index (χ3n) is 2.43. The van der Waals surface area contributed by atoms with Crippen LogP contribution in [0, 0.1) is 0 Å². The first kappa shape index (κ1) is 16.3. The minimum atomic E-state index is -0.882. The molecule has 1 atom stereocenters. The first-order chi connectivity index (χ1) is 8.93. The molecular formula is C13H19BrN2O2S. The lowest BCUT2D eigenvalue weighted by molar-refractivity contribution is 0.0869. The van der Waals surface area contributed by atoms with E-state index in [1.165, 1.54) is 0 Å². The van der Waals surface area contributed by atoms with E-state index in [-0.39, 0.29) is 12.6 Å². The molecule has 0 aliphatic rings. The minimum Gasteiger partial charge on any atom is -0.387 e. The normalized spacial score (nSPS) is 13.7. The Morgan fingerprint density at radius 2 is 2.21 bits per heavy atom. The summed E-state index contributed by atoms with van der Waals surface area (Å²) in [5.74, 6) is 0.582. The van der Waals surface area contributed by atoms with Crippen LogP contribution in [0.1, 0.15) is 12.5 Å². The van der Waals surface area contributed by atoms with Gasteiger partial charge in [-0.1, -0.05) is 28.1 Å². The van der Waals surface area contributed by atoms with E-state index in [2.05, 4.69) is 26.6 Å². The summed E-state index contributed by atoms with van der Waals surface area (Å²) in [6.45, 7) is 2.40. The number of carbonyl (C=O) groups excluding carboxylic acids is 1. The minimum absolute atomic E-state index is 0.234. The summed E-state index contributed by atoms with van der Waals surface area (Å²) in [5, 5.41) is 15.3. The van der Waals surface area contributed by atoms with Crippen molar-refractivity contribution < 1.29 is 9.90 Å². The number of benzene rings is 1. The number of rotatable bonds is 6. The van der Waals surface area contributed by atoms with E-state index in [1.54, 1.807) is 18.7 Å². The Hall–Kier alpha value is -0.720. The molecule has 0 aliphatic heterocycles. The third-order valence-corrected chi connectivity index (χ3v) is 3.83. The molecule has 0 aromatic heterocycles. The van der Waals surface area contributed by atoms with Gasteiger partial charge in [0.25, 0.3) is 0 Å². The standard InChI is InChI=1S/C13H19BrN2O2S/c1-13(18,9-19-2)8-16-12(17)15-7-10-4-3-5-11(14)6-10/h3-6,18H,7-9H2,1-2H3,(H2,15,16,17). The van der Waals surface area contributed by atoms with E-state index in [0.29, 0.717) is 12.3 Å². The summed E-state index contributed by atoms with van der Waals surface area (Å²) < 4.78 is 0.982. The van der Waals surface area contributed by atoms with E-state index < -0.39 is 5.60 Å². The van der Waals surface area contributed by atoms with Crippen molar-refractivity contribution in [1.82, 2.24) is 10.6 Å². The van der Waals surface area contributed by atoms with Crippen LogP contribution in [0.4, 0.5) is 4.79 Å². The van der Waals surface area contributed by atoms with Gasteiger partial charge in [-0.3, -0.25) is 0 Å². The Balaban J connectivity index is 2.32. The van der Waals surface area contributed by atoms with Crippen LogP contribution in [0.15, 0.2) is 28.7 Å². The zero-order valence-electron chi connectivity index (χ0n) is 11.1. The number of hydrogen-bond donors (Lipinski definition) is 3. The maximum Gasteiger partial charge on any atom is 0.315 e. The van der Waals surface area contributed by atoms with Crippen molar-refractivity contribution in [2.45, 2.75) is 19.1 Å². The van der Waals surface area contributed by atoms with Gasteiger partial charge in [0, 0.05) is 23.3 Å². The molecular weight excluding hydrogens is 328 g/mol. The summed E-state index contributed by atoms with van der Waals surface area (Å²) in [6, 6.07) is 7.46. The van der Waals surface area contributed by atoms with E-state index in [4.69, 9.17) is 0 Å². The molecule has 1 unspecified atom stereocenters. The van der Waals surface area contributed by atoms with Crippen LogP contribution in [-0.2, 0) is 6.54 Å². The second-order valence-corrected chi connectivity index (χ2v) is 6.38. The Bertz CT molecular complexity index is 427. The fourth-order valence-electron chi connectivity index (χ4n) is 1.52. The maximum atomic E-state index is 11.6. The quantitative estimate of drug-likeness (QED) is 0.740. The summed E-state index contributed by atoms with van der Waals surface area (Å²) in [7, 11) is 0. The van der Waals surface area contributed by atoms with E-state index in [9.17, 15) is 9.90 Å². The highest BCUT2D eigenvalue weighted by Crippen LogP contribution is 2.11. The number of carbonyl (C=O) groups is 1. The highest BCUT2D eigenvalue weighted by Gasteiger charge is 2.20. The summed E-state index contributed by atoms with van der Waals surface area (Å²) in [6.07, 6.45) is 1.92. The van der Waals surface area contributed by atoms with Gasteiger partial charge in [-0.2, -0.15) is 11.8 Å². The van der Waals surface area contributed by atoms with Crippen molar-refractivity contribution in [2.75, 3.05) is 18.6 Å². The number of amides is 2. The SMILES string of the molecule is CSCC(C)(O)CNC(=O)NCc1cccc(Br)c1. The second kappa shape index (κ2) is 7.77. The predicted octanol–water partition coefficient (Wildman–Crippen LogP) is 2.36. The maximum absolute atomic E-state index is 11.6. The van der Waals surface area contributed by atoms with Crippen LogP contribution in [0.2, 0.25) is 0 Å². The molecule has 0 radical (unpaired) electrons. The lowest BCUT2D eigenvalue weighted by Crippen LogP contribution is -2.45. The molecule has 106 valence electrons. The van der Waals surface area contributed by atoms with Crippen LogP contribution >= 0.6 is 27.7 Å². The molecule has 0 spiro atoms.